The zero-order valence-electron chi connectivity index (χ0n) is 20.6. The number of sulfonamides is 1. The molecule has 1 saturated heterocycles. The number of fused-ring (bicyclic) bond motifs is 1. The molecule has 1 amide bonds. The third-order valence-electron chi connectivity index (χ3n) is 6.78. The molecule has 2 N–H and O–H groups in total. The highest BCUT2D eigenvalue weighted by Gasteiger charge is 2.25. The highest BCUT2D eigenvalue weighted by atomic mass is 32.2. The molecule has 9 heteroatoms. The SMILES string of the molecule is CCN(CC)S(=O)(=O)c1cccc(NC(=O)CN2CCC(c3c[nH]c4ccc(OC)cc34)CC2)c1. The highest BCUT2D eigenvalue weighted by molar-refractivity contribution is 7.89. The summed E-state index contributed by atoms with van der Waals surface area (Å²) in [6.07, 6.45) is 4.03. The number of hydrogen-bond donors (Lipinski definition) is 2. The van der Waals surface area contributed by atoms with Gasteiger partial charge in [-0.1, -0.05) is 19.9 Å². The lowest BCUT2D eigenvalue weighted by Crippen LogP contribution is -2.38. The Kier molecular flexibility index (Phi) is 7.78. The van der Waals surface area contributed by atoms with Gasteiger partial charge in [0.15, 0.2) is 0 Å². The lowest BCUT2D eigenvalue weighted by Gasteiger charge is -2.31. The van der Waals surface area contributed by atoms with E-state index in [-0.39, 0.29) is 17.3 Å². The number of rotatable bonds is 9. The average molecular weight is 499 g/mol. The van der Waals surface area contributed by atoms with Gasteiger partial charge in [0.25, 0.3) is 0 Å². The van der Waals surface area contributed by atoms with Gasteiger partial charge in [-0.3, -0.25) is 9.69 Å². The number of aromatic amines is 1. The first-order valence-electron chi connectivity index (χ1n) is 12.1. The monoisotopic (exact) mass is 498 g/mol. The summed E-state index contributed by atoms with van der Waals surface area (Å²) >= 11 is 0. The van der Waals surface area contributed by atoms with Gasteiger partial charge >= 0.3 is 0 Å². The number of amides is 1. The van der Waals surface area contributed by atoms with Crippen LogP contribution < -0.4 is 10.1 Å². The first-order chi connectivity index (χ1) is 16.8. The van der Waals surface area contributed by atoms with Crippen molar-refractivity contribution in [3.63, 3.8) is 0 Å². The number of likely N-dealkylation sites (tertiary alicyclic amines) is 1. The zero-order chi connectivity index (χ0) is 25.0. The predicted octanol–water partition coefficient (Wildman–Crippen LogP) is 4.03. The minimum atomic E-state index is -3.57. The molecule has 0 atom stereocenters. The molecule has 0 radical (unpaired) electrons. The van der Waals surface area contributed by atoms with E-state index in [0.717, 1.165) is 37.2 Å². The van der Waals surface area contributed by atoms with Crippen LogP contribution in [0.5, 0.6) is 5.75 Å². The van der Waals surface area contributed by atoms with Gasteiger partial charge in [0, 0.05) is 35.9 Å². The van der Waals surface area contributed by atoms with Crippen LogP contribution in [0.3, 0.4) is 0 Å². The van der Waals surface area contributed by atoms with Crippen molar-refractivity contribution in [2.45, 2.75) is 37.5 Å². The van der Waals surface area contributed by atoms with Crippen LogP contribution in [0.25, 0.3) is 10.9 Å². The number of carbonyl (C=O) groups excluding carboxylic acids is 1. The Balaban J connectivity index is 1.35. The van der Waals surface area contributed by atoms with Crippen molar-refractivity contribution in [3.8, 4) is 5.75 Å². The van der Waals surface area contributed by atoms with E-state index in [4.69, 9.17) is 4.74 Å². The van der Waals surface area contributed by atoms with Crippen LogP contribution in [-0.2, 0) is 14.8 Å². The number of methoxy groups -OCH3 is 1. The quantitative estimate of drug-likeness (QED) is 0.465. The molecule has 2 aromatic carbocycles. The van der Waals surface area contributed by atoms with Crippen LogP contribution in [0.15, 0.2) is 53.6 Å². The van der Waals surface area contributed by atoms with Crippen LogP contribution in [0.1, 0.15) is 38.2 Å². The Morgan fingerprint density at radius 1 is 1.14 bits per heavy atom. The van der Waals surface area contributed by atoms with E-state index < -0.39 is 10.0 Å². The van der Waals surface area contributed by atoms with E-state index >= 15 is 0 Å². The Labute approximate surface area is 207 Å². The van der Waals surface area contributed by atoms with Gasteiger partial charge in [-0.05, 0) is 73.8 Å². The molecule has 35 heavy (non-hydrogen) atoms. The fraction of sp³-hybridized carbons (Fsp3) is 0.423. The van der Waals surface area contributed by atoms with Gasteiger partial charge in [-0.15, -0.1) is 0 Å². The summed E-state index contributed by atoms with van der Waals surface area (Å²) in [5.41, 5.74) is 2.90. The van der Waals surface area contributed by atoms with Crippen molar-refractivity contribution in [2.75, 3.05) is 45.2 Å². The third-order valence-corrected chi connectivity index (χ3v) is 8.82. The standard InChI is InChI=1S/C26H34N4O4S/c1-4-30(5-2)35(32,33)22-8-6-7-20(15-22)28-26(31)18-29-13-11-19(12-14-29)24-17-27-25-10-9-21(34-3)16-23(24)25/h6-10,15-17,19,27H,4-5,11-14,18H2,1-3H3,(H,28,31). The number of aromatic nitrogens is 1. The number of hydrogen-bond acceptors (Lipinski definition) is 5. The molecule has 1 aromatic heterocycles. The molecule has 0 spiro atoms. The largest absolute Gasteiger partial charge is 0.497 e. The van der Waals surface area contributed by atoms with Gasteiger partial charge in [0.1, 0.15) is 5.75 Å². The molecule has 3 aromatic rings. The average Bonchev–Trinajstić information content (AvgIpc) is 3.28. The number of anilines is 1. The summed E-state index contributed by atoms with van der Waals surface area (Å²) in [6, 6.07) is 12.6. The van der Waals surface area contributed by atoms with Crippen molar-refractivity contribution in [1.82, 2.24) is 14.2 Å². The van der Waals surface area contributed by atoms with Crippen LogP contribution in [0.2, 0.25) is 0 Å². The first kappa shape index (κ1) is 25.2. The lowest BCUT2D eigenvalue weighted by atomic mass is 9.89. The molecule has 2 heterocycles. The van der Waals surface area contributed by atoms with Gasteiger partial charge < -0.3 is 15.0 Å². The minimum Gasteiger partial charge on any atom is -0.497 e. The molecule has 188 valence electrons. The molecule has 1 aliphatic heterocycles. The Morgan fingerprint density at radius 2 is 1.89 bits per heavy atom. The number of piperidine rings is 1. The van der Waals surface area contributed by atoms with E-state index in [1.54, 1.807) is 25.3 Å². The van der Waals surface area contributed by atoms with E-state index in [0.29, 0.717) is 24.7 Å². The smallest absolute Gasteiger partial charge is 0.243 e. The summed E-state index contributed by atoms with van der Waals surface area (Å²) in [6.45, 7) is 6.35. The number of nitrogens with zero attached hydrogens (tertiary/aromatic N) is 2. The Bertz CT molecular complexity index is 1280. The first-order valence-corrected chi connectivity index (χ1v) is 13.6. The topological polar surface area (TPSA) is 94.7 Å². The maximum absolute atomic E-state index is 12.8. The Morgan fingerprint density at radius 3 is 2.57 bits per heavy atom. The number of carbonyl (C=O) groups is 1. The van der Waals surface area contributed by atoms with Gasteiger partial charge in [-0.2, -0.15) is 4.31 Å². The van der Waals surface area contributed by atoms with Crippen LogP contribution >= 0.6 is 0 Å². The second-order valence-electron chi connectivity index (χ2n) is 8.87. The summed E-state index contributed by atoms with van der Waals surface area (Å²) in [5, 5.41) is 4.06. The second kappa shape index (κ2) is 10.8. The third kappa shape index (κ3) is 5.52. The summed E-state index contributed by atoms with van der Waals surface area (Å²) in [7, 11) is -1.90. The number of benzene rings is 2. The minimum absolute atomic E-state index is 0.141. The molecular formula is C26H34N4O4S. The molecule has 0 bridgehead atoms. The van der Waals surface area contributed by atoms with E-state index in [1.807, 2.05) is 26.0 Å². The summed E-state index contributed by atoms with van der Waals surface area (Å²) in [4.78, 5) is 18.4. The lowest BCUT2D eigenvalue weighted by molar-refractivity contribution is -0.117. The van der Waals surface area contributed by atoms with E-state index in [9.17, 15) is 13.2 Å². The van der Waals surface area contributed by atoms with E-state index in [1.165, 1.54) is 21.3 Å². The van der Waals surface area contributed by atoms with Crippen LogP contribution in [0, 0.1) is 0 Å². The number of nitrogens with one attached hydrogen (secondary N) is 2. The van der Waals surface area contributed by atoms with Crippen molar-refractivity contribution in [3.05, 3.63) is 54.2 Å². The fourth-order valence-corrected chi connectivity index (χ4v) is 6.34. The molecule has 1 aliphatic rings. The summed E-state index contributed by atoms with van der Waals surface area (Å²) < 4.78 is 32.4. The van der Waals surface area contributed by atoms with Crippen molar-refractivity contribution < 1.29 is 17.9 Å². The van der Waals surface area contributed by atoms with Crippen LogP contribution in [0.4, 0.5) is 5.69 Å². The number of ether oxygens (including phenoxy) is 1. The normalized spacial score (nSPS) is 15.5. The van der Waals surface area contributed by atoms with Gasteiger partial charge in [0.2, 0.25) is 15.9 Å². The molecular weight excluding hydrogens is 464 g/mol. The van der Waals surface area contributed by atoms with Gasteiger partial charge in [0.05, 0.1) is 18.6 Å². The molecule has 1 fully saturated rings. The fourth-order valence-electron chi connectivity index (χ4n) is 4.84. The molecule has 0 aliphatic carbocycles. The molecule has 8 nitrogen and oxygen atoms in total. The van der Waals surface area contributed by atoms with Crippen LogP contribution in [-0.4, -0.2) is 68.3 Å². The second-order valence-corrected chi connectivity index (χ2v) is 10.8. The molecule has 4 rings (SSSR count). The number of H-pyrrole nitrogens is 1. The predicted molar refractivity (Wildman–Crippen MR) is 138 cm³/mol. The van der Waals surface area contributed by atoms with E-state index in [2.05, 4.69) is 27.5 Å². The van der Waals surface area contributed by atoms with Gasteiger partial charge in [-0.25, -0.2) is 8.42 Å². The van der Waals surface area contributed by atoms with Crippen molar-refractivity contribution in [1.29, 1.82) is 0 Å². The molecule has 0 unspecified atom stereocenters. The maximum atomic E-state index is 12.8. The molecule has 0 saturated carbocycles. The Hall–Kier alpha value is -2.88. The zero-order valence-corrected chi connectivity index (χ0v) is 21.4. The highest BCUT2D eigenvalue weighted by Crippen LogP contribution is 2.34. The summed E-state index contributed by atoms with van der Waals surface area (Å²) in [5.74, 6) is 1.14. The van der Waals surface area contributed by atoms with Crippen molar-refractivity contribution in [2.24, 2.45) is 0 Å². The van der Waals surface area contributed by atoms with Crippen molar-refractivity contribution >= 4 is 32.5 Å². The maximum Gasteiger partial charge on any atom is 0.243 e.